The molecule has 0 aliphatic rings. The minimum absolute atomic E-state index is 0.101. The van der Waals surface area contributed by atoms with Crippen molar-refractivity contribution < 1.29 is 17.9 Å². The number of aromatic nitrogens is 1. The van der Waals surface area contributed by atoms with E-state index in [1.807, 2.05) is 19.1 Å². The van der Waals surface area contributed by atoms with Gasteiger partial charge in [0.25, 0.3) is 5.91 Å². The van der Waals surface area contributed by atoms with Crippen LogP contribution < -0.4 is 10.1 Å². The molecular formula is C22H25N3O4S. The number of nitrogens with one attached hydrogen (secondary N) is 1. The lowest BCUT2D eigenvalue weighted by molar-refractivity contribution is 0.102. The van der Waals surface area contributed by atoms with E-state index in [9.17, 15) is 13.2 Å². The first-order chi connectivity index (χ1) is 14.4. The van der Waals surface area contributed by atoms with Gasteiger partial charge in [-0.2, -0.15) is 4.31 Å². The van der Waals surface area contributed by atoms with Gasteiger partial charge in [-0.05, 0) is 43.3 Å². The van der Waals surface area contributed by atoms with Gasteiger partial charge in [0.2, 0.25) is 10.0 Å². The lowest BCUT2D eigenvalue weighted by Gasteiger charge is -2.20. The van der Waals surface area contributed by atoms with E-state index < -0.39 is 10.0 Å². The van der Waals surface area contributed by atoms with Gasteiger partial charge in [0.15, 0.2) is 0 Å². The molecule has 0 aliphatic carbocycles. The Kier molecular flexibility index (Phi) is 6.69. The molecule has 1 aromatic heterocycles. The molecule has 8 heteroatoms. The van der Waals surface area contributed by atoms with Gasteiger partial charge in [0.1, 0.15) is 5.75 Å². The predicted molar refractivity (Wildman–Crippen MR) is 117 cm³/mol. The number of rotatable bonds is 8. The maximum Gasteiger partial charge on any atom is 0.256 e. The first kappa shape index (κ1) is 21.7. The fraction of sp³-hybridized carbons (Fsp3) is 0.273. The van der Waals surface area contributed by atoms with Crippen LogP contribution in [0.1, 0.15) is 31.1 Å². The molecule has 0 atom stereocenters. The van der Waals surface area contributed by atoms with Gasteiger partial charge in [-0.1, -0.05) is 26.0 Å². The lowest BCUT2D eigenvalue weighted by Crippen LogP contribution is -2.30. The highest BCUT2D eigenvalue weighted by Gasteiger charge is 2.23. The van der Waals surface area contributed by atoms with E-state index in [4.69, 9.17) is 4.74 Å². The van der Waals surface area contributed by atoms with E-state index >= 15 is 0 Å². The molecule has 0 radical (unpaired) electrons. The van der Waals surface area contributed by atoms with Gasteiger partial charge in [-0.25, -0.2) is 8.42 Å². The summed E-state index contributed by atoms with van der Waals surface area (Å²) in [5.74, 6) is 0.0367. The van der Waals surface area contributed by atoms with Crippen LogP contribution in [0.25, 0.3) is 10.9 Å². The predicted octanol–water partition coefficient (Wildman–Crippen LogP) is 3.92. The standard InChI is InChI=1S/C22H25N3O4S/c1-4-25(5-2)30(27,28)16-12-13-21(29-6-3)20(15-16)24-22(26)18-9-7-11-19-17(18)10-8-14-23-19/h7-15H,4-6H2,1-3H3,(H,24,26). The molecule has 0 unspecified atom stereocenters. The van der Waals surface area contributed by atoms with Crippen LogP contribution in [0.15, 0.2) is 59.6 Å². The molecule has 0 saturated carbocycles. The minimum atomic E-state index is -3.67. The number of sulfonamides is 1. The number of ether oxygens (including phenoxy) is 1. The molecule has 1 heterocycles. The van der Waals surface area contributed by atoms with Crippen LogP contribution in [0, 0.1) is 0 Å². The number of fused-ring (bicyclic) bond motifs is 1. The summed E-state index contributed by atoms with van der Waals surface area (Å²) in [6.07, 6.45) is 1.67. The SMILES string of the molecule is CCOc1ccc(S(=O)(=O)N(CC)CC)cc1NC(=O)c1cccc2ncccc12. The molecule has 0 bridgehead atoms. The summed E-state index contributed by atoms with van der Waals surface area (Å²) in [6.45, 7) is 6.49. The molecule has 30 heavy (non-hydrogen) atoms. The van der Waals surface area contributed by atoms with Crippen molar-refractivity contribution in [3.8, 4) is 5.75 Å². The summed E-state index contributed by atoms with van der Waals surface area (Å²) in [5.41, 5.74) is 1.45. The summed E-state index contributed by atoms with van der Waals surface area (Å²) in [6, 6.07) is 13.4. The van der Waals surface area contributed by atoms with E-state index in [1.165, 1.54) is 16.4 Å². The summed E-state index contributed by atoms with van der Waals surface area (Å²) in [5, 5.41) is 3.53. The van der Waals surface area contributed by atoms with E-state index in [2.05, 4.69) is 10.3 Å². The van der Waals surface area contributed by atoms with Gasteiger partial charge >= 0.3 is 0 Å². The average Bonchev–Trinajstić information content (AvgIpc) is 2.75. The Labute approximate surface area is 176 Å². The topological polar surface area (TPSA) is 88.6 Å². The summed E-state index contributed by atoms with van der Waals surface area (Å²) >= 11 is 0. The molecule has 158 valence electrons. The highest BCUT2D eigenvalue weighted by Crippen LogP contribution is 2.30. The Morgan fingerprint density at radius 3 is 2.53 bits per heavy atom. The Morgan fingerprint density at radius 1 is 1.07 bits per heavy atom. The molecule has 2 aromatic carbocycles. The first-order valence-electron chi connectivity index (χ1n) is 9.84. The number of anilines is 1. The maximum atomic E-state index is 13.0. The van der Waals surface area contributed by atoms with Crippen LogP contribution in [0.4, 0.5) is 5.69 Å². The molecule has 0 saturated heterocycles. The van der Waals surface area contributed by atoms with Crippen LogP contribution in [-0.2, 0) is 10.0 Å². The number of pyridine rings is 1. The third kappa shape index (κ3) is 4.29. The van der Waals surface area contributed by atoms with Gasteiger partial charge in [-0.3, -0.25) is 9.78 Å². The van der Waals surface area contributed by atoms with Gasteiger partial charge in [0.05, 0.1) is 22.7 Å². The van der Waals surface area contributed by atoms with Crippen molar-refractivity contribution in [2.24, 2.45) is 0 Å². The lowest BCUT2D eigenvalue weighted by atomic mass is 10.1. The van der Waals surface area contributed by atoms with Crippen molar-refractivity contribution >= 4 is 32.5 Å². The third-order valence-corrected chi connectivity index (χ3v) is 6.78. The highest BCUT2D eigenvalue weighted by atomic mass is 32.2. The average molecular weight is 428 g/mol. The molecule has 0 aliphatic heterocycles. The number of nitrogens with zero attached hydrogens (tertiary/aromatic N) is 2. The van der Waals surface area contributed by atoms with Gasteiger partial charge in [-0.15, -0.1) is 0 Å². The normalized spacial score (nSPS) is 11.6. The molecule has 3 rings (SSSR count). The fourth-order valence-corrected chi connectivity index (χ4v) is 4.74. The van der Waals surface area contributed by atoms with E-state index in [1.54, 1.807) is 44.3 Å². The number of hydrogen-bond acceptors (Lipinski definition) is 5. The van der Waals surface area contributed by atoms with Crippen LogP contribution >= 0.6 is 0 Å². The van der Waals surface area contributed by atoms with Gasteiger partial charge in [0, 0.05) is 30.2 Å². The largest absolute Gasteiger partial charge is 0.492 e. The fourth-order valence-electron chi connectivity index (χ4n) is 3.25. The van der Waals surface area contributed by atoms with E-state index in [0.29, 0.717) is 47.6 Å². The molecule has 1 amide bonds. The van der Waals surface area contributed by atoms with E-state index in [0.717, 1.165) is 0 Å². The minimum Gasteiger partial charge on any atom is -0.492 e. The number of amides is 1. The number of benzene rings is 2. The summed E-state index contributed by atoms with van der Waals surface area (Å²) < 4.78 is 32.8. The molecule has 0 fully saturated rings. The van der Waals surface area contributed by atoms with Crippen LogP contribution in [0.5, 0.6) is 5.75 Å². The Morgan fingerprint density at radius 2 is 1.83 bits per heavy atom. The second-order valence-corrected chi connectivity index (χ2v) is 8.45. The Hall–Kier alpha value is -2.97. The smallest absolute Gasteiger partial charge is 0.256 e. The van der Waals surface area contributed by atoms with Crippen LogP contribution in [0.3, 0.4) is 0 Å². The Bertz CT molecular complexity index is 1150. The number of carbonyl (C=O) groups excluding carboxylic acids is 1. The number of hydrogen-bond donors (Lipinski definition) is 1. The van der Waals surface area contributed by atoms with Crippen molar-refractivity contribution in [2.45, 2.75) is 25.7 Å². The van der Waals surface area contributed by atoms with Crippen molar-refractivity contribution in [1.29, 1.82) is 0 Å². The summed E-state index contributed by atoms with van der Waals surface area (Å²) in [7, 11) is -3.67. The quantitative estimate of drug-likeness (QED) is 0.589. The Balaban J connectivity index is 2.02. The summed E-state index contributed by atoms with van der Waals surface area (Å²) in [4.78, 5) is 17.4. The zero-order valence-corrected chi connectivity index (χ0v) is 18.1. The molecule has 1 N–H and O–H groups in total. The van der Waals surface area contributed by atoms with Crippen molar-refractivity contribution in [3.63, 3.8) is 0 Å². The molecule has 0 spiro atoms. The number of carbonyl (C=O) groups is 1. The molecule has 3 aromatic rings. The molecule has 7 nitrogen and oxygen atoms in total. The van der Waals surface area contributed by atoms with E-state index in [-0.39, 0.29) is 10.8 Å². The van der Waals surface area contributed by atoms with Crippen LogP contribution in [0.2, 0.25) is 0 Å². The van der Waals surface area contributed by atoms with Crippen molar-refractivity contribution in [1.82, 2.24) is 9.29 Å². The second kappa shape index (κ2) is 9.23. The monoisotopic (exact) mass is 427 g/mol. The second-order valence-electron chi connectivity index (χ2n) is 6.51. The van der Waals surface area contributed by atoms with Crippen molar-refractivity contribution in [2.75, 3.05) is 25.0 Å². The van der Waals surface area contributed by atoms with Gasteiger partial charge < -0.3 is 10.1 Å². The molecular weight excluding hydrogens is 402 g/mol. The van der Waals surface area contributed by atoms with Crippen molar-refractivity contribution in [3.05, 3.63) is 60.3 Å². The zero-order chi connectivity index (χ0) is 21.7. The zero-order valence-electron chi connectivity index (χ0n) is 17.3. The maximum absolute atomic E-state index is 13.0. The first-order valence-corrected chi connectivity index (χ1v) is 11.3. The third-order valence-electron chi connectivity index (χ3n) is 4.73. The highest BCUT2D eigenvalue weighted by molar-refractivity contribution is 7.89. The van der Waals surface area contributed by atoms with Crippen LogP contribution in [-0.4, -0.2) is 43.3 Å².